The molecule has 1 amide bonds. The summed E-state index contributed by atoms with van der Waals surface area (Å²) in [5.74, 6) is 0.0943. The number of hydrogen-bond acceptors (Lipinski definition) is 5. The van der Waals surface area contributed by atoms with Crippen LogP contribution in [0.4, 0.5) is 0 Å². The van der Waals surface area contributed by atoms with Crippen molar-refractivity contribution < 1.29 is 14.4 Å². The van der Waals surface area contributed by atoms with Gasteiger partial charge in [0.05, 0.1) is 0 Å². The molecule has 0 aliphatic carbocycles. The molecule has 7 nitrogen and oxygen atoms in total. The Labute approximate surface area is 153 Å². The summed E-state index contributed by atoms with van der Waals surface area (Å²) in [5, 5.41) is 16.6. The number of phenols is 1. The number of aromatic amines is 1. The minimum Gasteiger partial charge on any atom is -0.508 e. The van der Waals surface area contributed by atoms with Gasteiger partial charge < -0.3 is 19.9 Å². The molecule has 0 radical (unpaired) electrons. The largest absolute Gasteiger partial charge is 0.508 e. The second kappa shape index (κ2) is 6.80. The SMILES string of the molecule is O=C(NCc1cc2ccccc2[nH]c1=O)c1cc(-c2ccc(O)cc2)on1. The number of phenolic OH excluding ortho intramolecular Hbond substituents is 1. The van der Waals surface area contributed by atoms with Crippen molar-refractivity contribution in [1.29, 1.82) is 0 Å². The summed E-state index contributed by atoms with van der Waals surface area (Å²) in [6.07, 6.45) is 0. The van der Waals surface area contributed by atoms with E-state index in [-0.39, 0.29) is 23.5 Å². The van der Waals surface area contributed by atoms with Crippen molar-refractivity contribution in [3.8, 4) is 17.1 Å². The zero-order valence-electron chi connectivity index (χ0n) is 14.1. The van der Waals surface area contributed by atoms with Crippen LogP contribution in [0.2, 0.25) is 0 Å². The van der Waals surface area contributed by atoms with Crippen LogP contribution in [0.15, 0.2) is 70.0 Å². The fraction of sp³-hybridized carbons (Fsp3) is 0.0500. The number of aromatic nitrogens is 2. The van der Waals surface area contributed by atoms with Crippen LogP contribution in [0.5, 0.6) is 5.75 Å². The molecule has 7 heteroatoms. The number of pyridine rings is 1. The van der Waals surface area contributed by atoms with E-state index < -0.39 is 5.91 Å². The molecule has 0 saturated heterocycles. The number of fused-ring (bicyclic) bond motifs is 1. The summed E-state index contributed by atoms with van der Waals surface area (Å²) in [6.45, 7) is 0.0698. The van der Waals surface area contributed by atoms with Gasteiger partial charge in [0, 0.05) is 29.3 Å². The number of para-hydroxylation sites is 1. The Balaban J connectivity index is 1.49. The molecular weight excluding hydrogens is 346 g/mol. The quantitative estimate of drug-likeness (QED) is 0.518. The molecule has 0 fully saturated rings. The number of aromatic hydroxyl groups is 1. The van der Waals surface area contributed by atoms with Crippen LogP contribution in [-0.4, -0.2) is 21.2 Å². The first-order valence-corrected chi connectivity index (χ1v) is 8.25. The Morgan fingerprint density at radius 3 is 2.70 bits per heavy atom. The van der Waals surface area contributed by atoms with E-state index in [0.29, 0.717) is 16.9 Å². The molecule has 27 heavy (non-hydrogen) atoms. The maximum atomic E-state index is 12.3. The van der Waals surface area contributed by atoms with Crippen LogP contribution in [0.3, 0.4) is 0 Å². The molecule has 0 spiro atoms. The molecule has 4 rings (SSSR count). The zero-order chi connectivity index (χ0) is 18.8. The lowest BCUT2D eigenvalue weighted by atomic mass is 10.1. The number of carbonyl (C=O) groups excluding carboxylic acids is 1. The van der Waals surface area contributed by atoms with E-state index in [1.165, 1.54) is 18.2 Å². The van der Waals surface area contributed by atoms with Crippen molar-refractivity contribution in [2.75, 3.05) is 0 Å². The Kier molecular flexibility index (Phi) is 4.18. The van der Waals surface area contributed by atoms with E-state index in [0.717, 1.165) is 10.9 Å². The van der Waals surface area contributed by atoms with Crippen molar-refractivity contribution >= 4 is 16.8 Å². The van der Waals surface area contributed by atoms with Gasteiger partial charge in [-0.2, -0.15) is 0 Å². The number of hydrogen-bond donors (Lipinski definition) is 3. The smallest absolute Gasteiger partial charge is 0.273 e. The predicted octanol–water partition coefficient (Wildman–Crippen LogP) is 2.82. The Morgan fingerprint density at radius 1 is 1.11 bits per heavy atom. The van der Waals surface area contributed by atoms with Gasteiger partial charge in [-0.1, -0.05) is 23.4 Å². The zero-order valence-corrected chi connectivity index (χ0v) is 14.1. The lowest BCUT2D eigenvalue weighted by Crippen LogP contribution is -2.26. The number of nitrogens with zero attached hydrogens (tertiary/aromatic N) is 1. The van der Waals surface area contributed by atoms with Gasteiger partial charge in [-0.15, -0.1) is 0 Å². The highest BCUT2D eigenvalue weighted by molar-refractivity contribution is 5.93. The first-order valence-electron chi connectivity index (χ1n) is 8.25. The Bertz CT molecular complexity index is 1180. The third-order valence-corrected chi connectivity index (χ3v) is 4.16. The number of H-pyrrole nitrogens is 1. The molecule has 2 heterocycles. The monoisotopic (exact) mass is 361 g/mol. The van der Waals surface area contributed by atoms with Gasteiger partial charge in [-0.05, 0) is 41.8 Å². The van der Waals surface area contributed by atoms with Crippen molar-refractivity contribution in [2.24, 2.45) is 0 Å². The molecule has 0 unspecified atom stereocenters. The number of rotatable bonds is 4. The molecule has 0 saturated carbocycles. The van der Waals surface area contributed by atoms with Crippen LogP contribution in [0.25, 0.3) is 22.2 Å². The van der Waals surface area contributed by atoms with Crippen LogP contribution in [0, 0.1) is 0 Å². The summed E-state index contributed by atoms with van der Waals surface area (Å²) in [5.41, 5.74) is 1.73. The van der Waals surface area contributed by atoms with Crippen molar-refractivity contribution in [2.45, 2.75) is 6.54 Å². The highest BCUT2D eigenvalue weighted by Gasteiger charge is 2.14. The van der Waals surface area contributed by atoms with Gasteiger partial charge in [-0.25, -0.2) is 0 Å². The van der Waals surface area contributed by atoms with Crippen molar-refractivity contribution in [1.82, 2.24) is 15.5 Å². The van der Waals surface area contributed by atoms with E-state index in [1.807, 2.05) is 24.3 Å². The first kappa shape index (κ1) is 16.6. The summed E-state index contributed by atoms with van der Waals surface area (Å²) < 4.78 is 5.18. The van der Waals surface area contributed by atoms with Crippen molar-refractivity contribution in [3.05, 3.63) is 82.3 Å². The van der Waals surface area contributed by atoms with Gasteiger partial charge in [-0.3, -0.25) is 9.59 Å². The maximum absolute atomic E-state index is 12.3. The van der Waals surface area contributed by atoms with E-state index in [4.69, 9.17) is 4.52 Å². The average Bonchev–Trinajstić information content (AvgIpc) is 3.17. The van der Waals surface area contributed by atoms with E-state index >= 15 is 0 Å². The summed E-state index contributed by atoms with van der Waals surface area (Å²) >= 11 is 0. The second-order valence-corrected chi connectivity index (χ2v) is 6.02. The lowest BCUT2D eigenvalue weighted by molar-refractivity contribution is 0.0942. The number of benzene rings is 2. The standard InChI is InChI=1S/C20H15N3O4/c24-15-7-5-12(6-8-15)18-10-17(23-27-18)20(26)21-11-14-9-13-3-1-2-4-16(13)22-19(14)25/h1-10,24H,11H2,(H,21,26)(H,22,25). The topological polar surface area (TPSA) is 108 Å². The molecule has 0 aliphatic heterocycles. The highest BCUT2D eigenvalue weighted by Crippen LogP contribution is 2.22. The molecule has 0 aliphatic rings. The lowest BCUT2D eigenvalue weighted by Gasteiger charge is -2.04. The normalized spacial score (nSPS) is 10.8. The summed E-state index contributed by atoms with van der Waals surface area (Å²) in [4.78, 5) is 27.2. The molecule has 4 aromatic rings. The fourth-order valence-corrected chi connectivity index (χ4v) is 2.73. The van der Waals surface area contributed by atoms with Crippen LogP contribution >= 0.6 is 0 Å². The van der Waals surface area contributed by atoms with Crippen molar-refractivity contribution in [3.63, 3.8) is 0 Å². The first-order chi connectivity index (χ1) is 13.1. The fourth-order valence-electron chi connectivity index (χ4n) is 2.73. The van der Waals surface area contributed by atoms with Gasteiger partial charge in [0.25, 0.3) is 11.5 Å². The predicted molar refractivity (Wildman–Crippen MR) is 99.3 cm³/mol. The minimum absolute atomic E-state index is 0.0698. The molecule has 2 aromatic heterocycles. The third kappa shape index (κ3) is 3.43. The van der Waals surface area contributed by atoms with E-state index in [9.17, 15) is 14.7 Å². The van der Waals surface area contributed by atoms with Gasteiger partial charge in [0.15, 0.2) is 11.5 Å². The molecule has 0 bridgehead atoms. The Hall–Kier alpha value is -3.87. The molecule has 134 valence electrons. The number of nitrogens with one attached hydrogen (secondary N) is 2. The summed E-state index contributed by atoms with van der Waals surface area (Å²) in [7, 11) is 0. The number of amides is 1. The van der Waals surface area contributed by atoms with E-state index in [2.05, 4.69) is 15.5 Å². The molecule has 2 aromatic carbocycles. The van der Waals surface area contributed by atoms with Crippen LogP contribution in [0.1, 0.15) is 16.1 Å². The molecule has 0 atom stereocenters. The minimum atomic E-state index is -0.448. The third-order valence-electron chi connectivity index (χ3n) is 4.16. The Morgan fingerprint density at radius 2 is 1.89 bits per heavy atom. The van der Waals surface area contributed by atoms with Crippen LogP contribution in [-0.2, 0) is 6.54 Å². The van der Waals surface area contributed by atoms with E-state index in [1.54, 1.807) is 18.2 Å². The number of carbonyl (C=O) groups is 1. The summed E-state index contributed by atoms with van der Waals surface area (Å²) in [6, 6.07) is 17.0. The maximum Gasteiger partial charge on any atom is 0.273 e. The second-order valence-electron chi connectivity index (χ2n) is 6.02. The van der Waals surface area contributed by atoms with Gasteiger partial charge in [0.2, 0.25) is 0 Å². The highest BCUT2D eigenvalue weighted by atomic mass is 16.5. The average molecular weight is 361 g/mol. The molecule has 3 N–H and O–H groups in total. The van der Waals surface area contributed by atoms with Gasteiger partial charge >= 0.3 is 0 Å². The molecular formula is C20H15N3O4. The van der Waals surface area contributed by atoms with Crippen LogP contribution < -0.4 is 10.9 Å². The van der Waals surface area contributed by atoms with Gasteiger partial charge in [0.1, 0.15) is 5.75 Å².